The van der Waals surface area contributed by atoms with Crippen LogP contribution < -0.4 is 0 Å². The molecular weight excluding hydrogens is 256 g/mol. The smallest absolute Gasteiger partial charge is 0.359 e. The lowest BCUT2D eigenvalue weighted by Gasteiger charge is -1.97. The maximum absolute atomic E-state index is 11.6. The van der Waals surface area contributed by atoms with Gasteiger partial charge in [-0.15, -0.1) is 10.2 Å². The number of carbonyl (C=O) groups excluding carboxylic acids is 2. The van der Waals surface area contributed by atoms with Crippen LogP contribution in [0.3, 0.4) is 0 Å². The molecule has 0 bridgehead atoms. The van der Waals surface area contributed by atoms with E-state index in [0.29, 0.717) is 11.4 Å². The third-order valence-electron chi connectivity index (χ3n) is 2.05. The number of aldehydes is 1. The van der Waals surface area contributed by atoms with E-state index in [4.69, 9.17) is 4.74 Å². The van der Waals surface area contributed by atoms with Crippen LogP contribution in [0.4, 0.5) is 0 Å². The van der Waals surface area contributed by atoms with Gasteiger partial charge in [-0.05, 0) is 13.8 Å². The van der Waals surface area contributed by atoms with Crippen LogP contribution in [-0.4, -0.2) is 38.8 Å². The highest BCUT2D eigenvalue weighted by molar-refractivity contribution is 7.13. The van der Waals surface area contributed by atoms with Crippen molar-refractivity contribution in [2.75, 3.05) is 6.61 Å². The summed E-state index contributed by atoms with van der Waals surface area (Å²) in [5.74, 6) is -0.625. The van der Waals surface area contributed by atoms with E-state index >= 15 is 0 Å². The SMILES string of the molecule is CCOC(=O)c1nn(-c2nnc(C)s2)cc1C=O. The van der Waals surface area contributed by atoms with E-state index in [1.54, 1.807) is 13.8 Å². The van der Waals surface area contributed by atoms with Crippen molar-refractivity contribution in [3.8, 4) is 5.13 Å². The lowest BCUT2D eigenvalue weighted by molar-refractivity contribution is 0.0517. The summed E-state index contributed by atoms with van der Waals surface area (Å²) in [6, 6.07) is 0. The average molecular weight is 266 g/mol. The van der Waals surface area contributed by atoms with Crippen LogP contribution in [0.15, 0.2) is 6.20 Å². The second kappa shape index (κ2) is 5.05. The fourth-order valence-electron chi connectivity index (χ4n) is 1.31. The van der Waals surface area contributed by atoms with E-state index in [9.17, 15) is 9.59 Å². The first-order valence-electron chi connectivity index (χ1n) is 5.18. The largest absolute Gasteiger partial charge is 0.461 e. The van der Waals surface area contributed by atoms with Gasteiger partial charge in [0.15, 0.2) is 12.0 Å². The number of aromatic nitrogens is 4. The molecule has 0 aliphatic carbocycles. The molecule has 0 fully saturated rings. The highest BCUT2D eigenvalue weighted by Crippen LogP contribution is 2.15. The molecular formula is C10H10N4O3S. The predicted octanol–water partition coefficient (Wildman–Crippen LogP) is 1.02. The van der Waals surface area contributed by atoms with Gasteiger partial charge in [-0.1, -0.05) is 11.3 Å². The fourth-order valence-corrected chi connectivity index (χ4v) is 1.92. The molecule has 2 rings (SSSR count). The molecule has 18 heavy (non-hydrogen) atoms. The third kappa shape index (κ3) is 2.28. The van der Waals surface area contributed by atoms with Crippen LogP contribution in [-0.2, 0) is 4.74 Å². The monoisotopic (exact) mass is 266 g/mol. The summed E-state index contributed by atoms with van der Waals surface area (Å²) in [4.78, 5) is 22.5. The van der Waals surface area contributed by atoms with Crippen molar-refractivity contribution in [2.45, 2.75) is 13.8 Å². The van der Waals surface area contributed by atoms with Crippen LogP contribution in [0.25, 0.3) is 5.13 Å². The van der Waals surface area contributed by atoms with Gasteiger partial charge in [-0.25, -0.2) is 9.48 Å². The molecule has 0 amide bonds. The van der Waals surface area contributed by atoms with E-state index in [2.05, 4.69) is 15.3 Å². The lowest BCUT2D eigenvalue weighted by Crippen LogP contribution is -2.08. The average Bonchev–Trinajstić information content (AvgIpc) is 2.94. The number of carbonyl (C=O) groups is 2. The Morgan fingerprint density at radius 1 is 1.56 bits per heavy atom. The molecule has 94 valence electrons. The molecule has 0 radical (unpaired) electrons. The molecule has 0 aromatic carbocycles. The molecule has 0 N–H and O–H groups in total. The van der Waals surface area contributed by atoms with Gasteiger partial charge >= 0.3 is 5.97 Å². The molecule has 8 heteroatoms. The molecule has 0 aliphatic rings. The predicted molar refractivity (Wildman–Crippen MR) is 63.1 cm³/mol. The number of hydrogen-bond acceptors (Lipinski definition) is 7. The van der Waals surface area contributed by atoms with E-state index in [1.807, 2.05) is 0 Å². The molecule has 0 atom stereocenters. The summed E-state index contributed by atoms with van der Waals surface area (Å²) in [6.45, 7) is 3.71. The second-order valence-electron chi connectivity index (χ2n) is 3.32. The van der Waals surface area contributed by atoms with Gasteiger partial charge in [0.1, 0.15) is 5.01 Å². The second-order valence-corrected chi connectivity index (χ2v) is 4.48. The fraction of sp³-hybridized carbons (Fsp3) is 0.300. The van der Waals surface area contributed by atoms with Crippen molar-refractivity contribution in [2.24, 2.45) is 0 Å². The first kappa shape index (κ1) is 12.4. The maximum Gasteiger partial charge on any atom is 0.359 e. The maximum atomic E-state index is 11.6. The summed E-state index contributed by atoms with van der Waals surface area (Å²) in [5.41, 5.74) is 0.154. The zero-order valence-electron chi connectivity index (χ0n) is 9.78. The van der Waals surface area contributed by atoms with Crippen LogP contribution in [0.5, 0.6) is 0 Å². The van der Waals surface area contributed by atoms with Crippen LogP contribution >= 0.6 is 11.3 Å². The molecule has 2 aromatic rings. The van der Waals surface area contributed by atoms with E-state index in [1.165, 1.54) is 22.2 Å². The van der Waals surface area contributed by atoms with Crippen molar-refractivity contribution in [1.29, 1.82) is 0 Å². The number of hydrogen-bond donors (Lipinski definition) is 0. The third-order valence-corrected chi connectivity index (χ3v) is 2.88. The highest BCUT2D eigenvalue weighted by atomic mass is 32.1. The summed E-state index contributed by atoms with van der Waals surface area (Å²) in [7, 11) is 0. The van der Waals surface area contributed by atoms with Gasteiger partial charge in [-0.2, -0.15) is 5.10 Å². The zero-order chi connectivity index (χ0) is 13.1. The van der Waals surface area contributed by atoms with E-state index in [-0.39, 0.29) is 17.9 Å². The Morgan fingerprint density at radius 3 is 2.89 bits per heavy atom. The zero-order valence-corrected chi connectivity index (χ0v) is 10.6. The topological polar surface area (TPSA) is 87.0 Å². The first-order chi connectivity index (χ1) is 8.65. The van der Waals surface area contributed by atoms with Gasteiger partial charge in [0, 0.05) is 6.20 Å². The van der Waals surface area contributed by atoms with Crippen molar-refractivity contribution < 1.29 is 14.3 Å². The number of esters is 1. The lowest BCUT2D eigenvalue weighted by atomic mass is 10.3. The van der Waals surface area contributed by atoms with Crippen LogP contribution in [0.1, 0.15) is 32.8 Å². The van der Waals surface area contributed by atoms with Gasteiger partial charge in [0.2, 0.25) is 5.13 Å². The summed E-state index contributed by atoms with van der Waals surface area (Å²) < 4.78 is 6.17. The number of rotatable bonds is 4. The Balaban J connectivity index is 2.40. The van der Waals surface area contributed by atoms with E-state index in [0.717, 1.165) is 5.01 Å². The Morgan fingerprint density at radius 2 is 2.33 bits per heavy atom. The van der Waals surface area contributed by atoms with Crippen LogP contribution in [0, 0.1) is 6.92 Å². The molecule has 0 aliphatic heterocycles. The van der Waals surface area contributed by atoms with Crippen molar-refractivity contribution in [3.63, 3.8) is 0 Å². The minimum absolute atomic E-state index is 0.0142. The van der Waals surface area contributed by atoms with Crippen molar-refractivity contribution in [3.05, 3.63) is 22.5 Å². The minimum atomic E-state index is -0.625. The van der Waals surface area contributed by atoms with Crippen molar-refractivity contribution >= 4 is 23.6 Å². The number of aryl methyl sites for hydroxylation is 1. The molecule has 0 spiro atoms. The molecule has 7 nitrogen and oxygen atoms in total. The molecule has 2 aromatic heterocycles. The van der Waals surface area contributed by atoms with Gasteiger partial charge < -0.3 is 4.74 Å². The highest BCUT2D eigenvalue weighted by Gasteiger charge is 2.19. The summed E-state index contributed by atoms with van der Waals surface area (Å²) in [5, 5.41) is 13.0. The standard InChI is InChI=1S/C10H10N4O3S/c1-3-17-9(16)8-7(5-15)4-14(13-8)10-12-11-6(2)18-10/h4-5H,3H2,1-2H3. The Kier molecular flexibility index (Phi) is 3.47. The molecule has 0 saturated heterocycles. The van der Waals surface area contributed by atoms with E-state index < -0.39 is 5.97 Å². The quantitative estimate of drug-likeness (QED) is 0.606. The van der Waals surface area contributed by atoms with Crippen molar-refractivity contribution in [1.82, 2.24) is 20.0 Å². The number of ether oxygens (including phenoxy) is 1. The van der Waals surface area contributed by atoms with Gasteiger partial charge in [0.05, 0.1) is 12.2 Å². The minimum Gasteiger partial charge on any atom is -0.461 e. The Bertz CT molecular complexity index is 590. The summed E-state index contributed by atoms with van der Waals surface area (Å²) in [6.07, 6.45) is 1.99. The summed E-state index contributed by atoms with van der Waals surface area (Å²) >= 11 is 1.31. The van der Waals surface area contributed by atoms with Gasteiger partial charge in [-0.3, -0.25) is 4.79 Å². The number of nitrogens with zero attached hydrogens (tertiary/aromatic N) is 4. The van der Waals surface area contributed by atoms with Gasteiger partial charge in [0.25, 0.3) is 0 Å². The van der Waals surface area contributed by atoms with Crippen LogP contribution in [0.2, 0.25) is 0 Å². The molecule has 0 unspecified atom stereocenters. The first-order valence-corrected chi connectivity index (χ1v) is 5.99. The Hall–Kier alpha value is -2.09. The molecule has 2 heterocycles. The Labute approximate surface area is 106 Å². The molecule has 0 saturated carbocycles. The normalized spacial score (nSPS) is 10.3.